The first-order valence-corrected chi connectivity index (χ1v) is 10.7. The van der Waals surface area contributed by atoms with Gasteiger partial charge in [0.15, 0.2) is 0 Å². The highest BCUT2D eigenvalue weighted by Crippen LogP contribution is 2.27. The van der Waals surface area contributed by atoms with E-state index in [1.165, 1.54) is 5.56 Å². The fourth-order valence-electron chi connectivity index (χ4n) is 3.84. The number of ether oxygens (including phenoxy) is 1. The maximum Gasteiger partial charge on any atom is 0.256 e. The molecule has 0 aliphatic carbocycles. The summed E-state index contributed by atoms with van der Waals surface area (Å²) in [5, 5.41) is 4.55. The zero-order chi connectivity index (χ0) is 22.9. The van der Waals surface area contributed by atoms with Crippen LogP contribution in [-0.4, -0.2) is 36.1 Å². The first-order valence-electron chi connectivity index (χ1n) is 10.7. The maximum absolute atomic E-state index is 13.0. The van der Waals surface area contributed by atoms with Gasteiger partial charge in [0.2, 0.25) is 5.91 Å². The fraction of sp³-hybridized carbons (Fsp3) is 0.320. The van der Waals surface area contributed by atoms with E-state index in [9.17, 15) is 9.59 Å². The minimum Gasteiger partial charge on any atom is -0.383 e. The number of carbonyl (C=O) groups is 2. The van der Waals surface area contributed by atoms with Crippen molar-refractivity contribution in [1.82, 2.24) is 4.98 Å². The van der Waals surface area contributed by atoms with Crippen LogP contribution in [-0.2, 0) is 19.7 Å². The summed E-state index contributed by atoms with van der Waals surface area (Å²) in [6.07, 6.45) is 0.762. The number of carbonyl (C=O) groups excluding carboxylic acids is 2. The summed E-state index contributed by atoms with van der Waals surface area (Å²) in [6, 6.07) is 15.2. The van der Waals surface area contributed by atoms with Gasteiger partial charge in [-0.05, 0) is 52.8 Å². The molecule has 1 aliphatic heterocycles. The molecule has 0 radical (unpaired) electrons. The SMILES string of the molecule is CC(C)(C)c1ccc(N2CCO[C@H](CC(=O)Nc3ccc4c(N)nccc4c3)C2=O)cc1. The predicted octanol–water partition coefficient (Wildman–Crippen LogP) is 3.88. The molecule has 0 unspecified atom stereocenters. The molecule has 0 saturated carbocycles. The second-order valence-electron chi connectivity index (χ2n) is 9.03. The Balaban J connectivity index is 1.42. The summed E-state index contributed by atoms with van der Waals surface area (Å²) in [4.78, 5) is 31.4. The van der Waals surface area contributed by atoms with Crippen molar-refractivity contribution in [2.45, 2.75) is 38.7 Å². The summed E-state index contributed by atoms with van der Waals surface area (Å²) >= 11 is 0. The number of nitrogens with two attached hydrogens (primary N) is 1. The highest BCUT2D eigenvalue weighted by Gasteiger charge is 2.32. The number of benzene rings is 2. The predicted molar refractivity (Wildman–Crippen MR) is 127 cm³/mol. The van der Waals surface area contributed by atoms with Gasteiger partial charge < -0.3 is 20.7 Å². The largest absolute Gasteiger partial charge is 0.383 e. The van der Waals surface area contributed by atoms with E-state index in [2.05, 4.69) is 31.1 Å². The molecule has 2 heterocycles. The molecule has 0 bridgehead atoms. The molecule has 1 aromatic heterocycles. The molecular formula is C25H28N4O3. The molecule has 1 aliphatic rings. The quantitative estimate of drug-likeness (QED) is 0.652. The number of nitrogen functional groups attached to an aromatic ring is 1. The van der Waals surface area contributed by atoms with E-state index in [0.29, 0.717) is 24.7 Å². The average Bonchev–Trinajstić information content (AvgIpc) is 2.75. The molecule has 1 saturated heterocycles. The number of amides is 2. The lowest BCUT2D eigenvalue weighted by molar-refractivity contribution is -0.137. The van der Waals surface area contributed by atoms with Crippen LogP contribution in [0, 0.1) is 0 Å². The van der Waals surface area contributed by atoms with Gasteiger partial charge in [-0.25, -0.2) is 4.98 Å². The third-order valence-corrected chi connectivity index (χ3v) is 5.67. The van der Waals surface area contributed by atoms with E-state index < -0.39 is 6.10 Å². The molecule has 4 rings (SSSR count). The number of rotatable bonds is 4. The molecule has 3 N–H and O–H groups in total. The summed E-state index contributed by atoms with van der Waals surface area (Å²) in [6.45, 7) is 7.30. The van der Waals surface area contributed by atoms with Gasteiger partial charge in [-0.3, -0.25) is 9.59 Å². The number of hydrogen-bond donors (Lipinski definition) is 2. The average molecular weight is 433 g/mol. The lowest BCUT2D eigenvalue weighted by Gasteiger charge is -2.32. The fourth-order valence-corrected chi connectivity index (χ4v) is 3.84. The highest BCUT2D eigenvalue weighted by molar-refractivity contribution is 6.02. The zero-order valence-corrected chi connectivity index (χ0v) is 18.6. The molecule has 32 heavy (non-hydrogen) atoms. The van der Waals surface area contributed by atoms with E-state index >= 15 is 0 Å². The second-order valence-corrected chi connectivity index (χ2v) is 9.03. The van der Waals surface area contributed by atoms with Gasteiger partial charge >= 0.3 is 0 Å². The van der Waals surface area contributed by atoms with Crippen LogP contribution in [0.25, 0.3) is 10.8 Å². The smallest absolute Gasteiger partial charge is 0.256 e. The summed E-state index contributed by atoms with van der Waals surface area (Å²) < 4.78 is 5.64. The van der Waals surface area contributed by atoms with E-state index in [4.69, 9.17) is 10.5 Å². The van der Waals surface area contributed by atoms with Gasteiger partial charge in [0.25, 0.3) is 5.91 Å². The van der Waals surface area contributed by atoms with Crippen molar-refractivity contribution in [3.63, 3.8) is 0 Å². The Hall–Kier alpha value is -3.45. The van der Waals surface area contributed by atoms with Crippen molar-refractivity contribution in [2.24, 2.45) is 0 Å². The zero-order valence-electron chi connectivity index (χ0n) is 18.6. The molecule has 3 aromatic rings. The van der Waals surface area contributed by atoms with Crippen LogP contribution in [0.1, 0.15) is 32.8 Å². The Morgan fingerprint density at radius 1 is 1.19 bits per heavy atom. The molecule has 7 nitrogen and oxygen atoms in total. The molecule has 166 valence electrons. The van der Waals surface area contributed by atoms with Gasteiger partial charge in [0.05, 0.1) is 13.0 Å². The number of morpholine rings is 1. The van der Waals surface area contributed by atoms with Gasteiger partial charge in [-0.1, -0.05) is 32.9 Å². The van der Waals surface area contributed by atoms with Crippen molar-refractivity contribution >= 4 is 39.8 Å². The van der Waals surface area contributed by atoms with E-state index in [0.717, 1.165) is 16.5 Å². The number of hydrogen-bond acceptors (Lipinski definition) is 5. The minimum absolute atomic E-state index is 0.0408. The Morgan fingerprint density at radius 3 is 2.66 bits per heavy atom. The molecule has 1 fully saturated rings. The molecular weight excluding hydrogens is 404 g/mol. The first-order chi connectivity index (χ1) is 15.2. The Morgan fingerprint density at radius 2 is 1.94 bits per heavy atom. The minimum atomic E-state index is -0.814. The number of pyridine rings is 1. The number of aromatic nitrogens is 1. The maximum atomic E-state index is 13.0. The highest BCUT2D eigenvalue weighted by atomic mass is 16.5. The Bertz CT molecular complexity index is 1150. The molecule has 1 atom stereocenters. The molecule has 2 amide bonds. The molecule has 0 spiro atoms. The number of nitrogens with zero attached hydrogens (tertiary/aromatic N) is 2. The normalized spacial score (nSPS) is 16.9. The van der Waals surface area contributed by atoms with E-state index in [1.54, 1.807) is 17.2 Å². The summed E-state index contributed by atoms with van der Waals surface area (Å²) in [7, 11) is 0. The van der Waals surface area contributed by atoms with Gasteiger partial charge in [-0.2, -0.15) is 0 Å². The van der Waals surface area contributed by atoms with Gasteiger partial charge in [-0.15, -0.1) is 0 Å². The van der Waals surface area contributed by atoms with Crippen molar-refractivity contribution < 1.29 is 14.3 Å². The van der Waals surface area contributed by atoms with Crippen molar-refractivity contribution in [3.8, 4) is 0 Å². The third kappa shape index (κ3) is 4.57. The first kappa shape index (κ1) is 21.8. The van der Waals surface area contributed by atoms with Crippen LogP contribution < -0.4 is 16.0 Å². The standard InChI is InChI=1S/C25H28N4O3/c1-25(2,3)17-4-7-19(8-5-17)29-12-13-32-21(24(29)31)15-22(30)28-18-6-9-20-16(14-18)10-11-27-23(20)26/h4-11,14,21H,12-13,15H2,1-3H3,(H2,26,27)(H,28,30)/t21-/m1/s1. The van der Waals surface area contributed by atoms with Crippen molar-refractivity contribution in [3.05, 3.63) is 60.3 Å². The number of nitrogens with one attached hydrogen (secondary N) is 1. The summed E-state index contributed by atoms with van der Waals surface area (Å²) in [5.74, 6) is -0.0425. The van der Waals surface area contributed by atoms with Crippen molar-refractivity contribution in [2.75, 3.05) is 29.1 Å². The van der Waals surface area contributed by atoms with Gasteiger partial charge in [0.1, 0.15) is 11.9 Å². The second kappa shape index (κ2) is 8.59. The topological polar surface area (TPSA) is 97.6 Å². The van der Waals surface area contributed by atoms with Crippen LogP contribution in [0.4, 0.5) is 17.2 Å². The number of fused-ring (bicyclic) bond motifs is 1. The van der Waals surface area contributed by atoms with Crippen LogP contribution in [0.5, 0.6) is 0 Å². The lowest BCUT2D eigenvalue weighted by Crippen LogP contribution is -2.49. The third-order valence-electron chi connectivity index (χ3n) is 5.67. The van der Waals surface area contributed by atoms with Crippen LogP contribution in [0.3, 0.4) is 0 Å². The number of anilines is 3. The lowest BCUT2D eigenvalue weighted by atomic mass is 9.87. The Labute approximate surface area is 187 Å². The van der Waals surface area contributed by atoms with Gasteiger partial charge in [0, 0.05) is 29.5 Å². The molecule has 7 heteroatoms. The monoisotopic (exact) mass is 432 g/mol. The molecule has 2 aromatic carbocycles. The van der Waals surface area contributed by atoms with Crippen LogP contribution >= 0.6 is 0 Å². The van der Waals surface area contributed by atoms with Crippen LogP contribution in [0.2, 0.25) is 0 Å². The van der Waals surface area contributed by atoms with Crippen LogP contribution in [0.15, 0.2) is 54.7 Å². The Kier molecular flexibility index (Phi) is 5.84. The van der Waals surface area contributed by atoms with Crippen molar-refractivity contribution in [1.29, 1.82) is 0 Å². The van der Waals surface area contributed by atoms with E-state index in [1.807, 2.05) is 42.5 Å². The van der Waals surface area contributed by atoms with E-state index in [-0.39, 0.29) is 23.7 Å². The summed E-state index contributed by atoms with van der Waals surface area (Å²) in [5.41, 5.74) is 8.57.